The van der Waals surface area contributed by atoms with Gasteiger partial charge in [0.05, 0.1) is 0 Å². The van der Waals surface area contributed by atoms with E-state index in [2.05, 4.69) is 36.2 Å². The molecule has 3 rings (SSSR count). The minimum atomic E-state index is -0.454. The van der Waals surface area contributed by atoms with Gasteiger partial charge >= 0.3 is 0 Å². The average Bonchev–Trinajstić information content (AvgIpc) is 2.69. The maximum Gasteiger partial charge on any atom is 0.122 e. The molecule has 3 aromatic rings. The van der Waals surface area contributed by atoms with Crippen LogP contribution in [0.3, 0.4) is 0 Å². The van der Waals surface area contributed by atoms with Crippen LogP contribution in [-0.2, 0) is 13.0 Å². The molecule has 27 heavy (non-hydrogen) atoms. The lowest BCUT2D eigenvalue weighted by Crippen LogP contribution is -2.38. The highest BCUT2D eigenvalue weighted by Gasteiger charge is 2.17. The zero-order valence-corrected chi connectivity index (χ0v) is 15.5. The quantitative estimate of drug-likeness (QED) is 0.568. The van der Waals surface area contributed by atoms with E-state index in [0.29, 0.717) is 12.4 Å². The summed E-state index contributed by atoms with van der Waals surface area (Å²) in [5, 5.41) is 0. The zero-order chi connectivity index (χ0) is 19.1. The van der Waals surface area contributed by atoms with E-state index in [9.17, 15) is 4.39 Å². The largest absolute Gasteiger partial charge is 0.492 e. The molecule has 3 aromatic carbocycles. The van der Waals surface area contributed by atoms with E-state index in [1.165, 1.54) is 23.3 Å². The molecule has 0 spiro atoms. The lowest BCUT2D eigenvalue weighted by molar-refractivity contribution is 0.154. The van der Waals surface area contributed by atoms with Crippen LogP contribution in [0.4, 0.5) is 4.39 Å². The van der Waals surface area contributed by atoms with Crippen LogP contribution in [0.25, 0.3) is 0 Å². The van der Waals surface area contributed by atoms with E-state index in [1.54, 1.807) is 6.07 Å². The second kappa shape index (κ2) is 9.38. The molecule has 0 heterocycles. The third-order valence-electron chi connectivity index (χ3n) is 4.63. The van der Waals surface area contributed by atoms with Crippen LogP contribution in [0.1, 0.15) is 11.1 Å². The maximum absolute atomic E-state index is 13.7. The van der Waals surface area contributed by atoms with Gasteiger partial charge in [-0.1, -0.05) is 72.2 Å². The molecule has 0 fully saturated rings. The number of ether oxygens (including phenoxy) is 1. The van der Waals surface area contributed by atoms with Crippen LogP contribution < -0.4 is 10.2 Å². The van der Waals surface area contributed by atoms with Crippen LogP contribution in [0.15, 0.2) is 78.9 Å². The van der Waals surface area contributed by atoms with E-state index < -0.39 is 5.82 Å². The summed E-state index contributed by atoms with van der Waals surface area (Å²) in [4.78, 5) is 2.27. The summed E-state index contributed by atoms with van der Waals surface area (Å²) in [5.41, 5.74) is 2.62. The van der Waals surface area contributed by atoms with Crippen LogP contribution in [0.5, 0.6) is 5.75 Å². The predicted molar refractivity (Wildman–Crippen MR) is 109 cm³/mol. The highest BCUT2D eigenvalue weighted by atomic mass is 19.1. The van der Waals surface area contributed by atoms with E-state index in [1.807, 2.05) is 36.4 Å². The van der Waals surface area contributed by atoms with Gasteiger partial charge in [0.15, 0.2) is 0 Å². The number of hydrogen-bond acceptors (Lipinski definition) is 2. The smallest absolute Gasteiger partial charge is 0.122 e. The molecule has 2 nitrogen and oxygen atoms in total. The van der Waals surface area contributed by atoms with Gasteiger partial charge in [0.1, 0.15) is 26.0 Å². The molecular formula is C23H23BFNO. The molecule has 0 aliphatic heterocycles. The van der Waals surface area contributed by atoms with Gasteiger partial charge in [0.2, 0.25) is 0 Å². The molecule has 0 amide bonds. The molecule has 0 N–H and O–H groups in total. The van der Waals surface area contributed by atoms with Crippen molar-refractivity contribution in [2.24, 2.45) is 0 Å². The monoisotopic (exact) mass is 359 g/mol. The Hall–Kier alpha value is -2.59. The van der Waals surface area contributed by atoms with E-state index >= 15 is 0 Å². The van der Waals surface area contributed by atoms with Gasteiger partial charge < -0.3 is 4.74 Å². The Morgan fingerprint density at radius 3 is 2.19 bits per heavy atom. The summed E-state index contributed by atoms with van der Waals surface area (Å²) in [6.07, 6.45) is 0.849. The van der Waals surface area contributed by atoms with Crippen molar-refractivity contribution in [3.8, 4) is 5.75 Å². The van der Waals surface area contributed by atoms with Gasteiger partial charge in [0.25, 0.3) is 0 Å². The van der Waals surface area contributed by atoms with Crippen LogP contribution in [0, 0.1) is 5.82 Å². The molecule has 0 aromatic heterocycles. The number of rotatable bonds is 8. The van der Waals surface area contributed by atoms with Gasteiger partial charge in [-0.05, 0) is 30.7 Å². The van der Waals surface area contributed by atoms with Crippen LogP contribution in [0.2, 0.25) is 0 Å². The summed E-state index contributed by atoms with van der Waals surface area (Å²) in [5.74, 6) is 0.0395. The normalized spacial score (nSPS) is 12.1. The van der Waals surface area contributed by atoms with Crippen molar-refractivity contribution in [3.05, 3.63) is 95.8 Å². The molecule has 1 atom stereocenters. The summed E-state index contributed by atoms with van der Waals surface area (Å²) >= 11 is 0. The van der Waals surface area contributed by atoms with Crippen molar-refractivity contribution < 1.29 is 9.13 Å². The second-order valence-electron chi connectivity index (χ2n) is 6.74. The van der Waals surface area contributed by atoms with Crippen molar-refractivity contribution >= 4 is 13.3 Å². The average molecular weight is 359 g/mol. The molecule has 2 radical (unpaired) electrons. The second-order valence-corrected chi connectivity index (χ2v) is 6.74. The molecular weight excluding hydrogens is 336 g/mol. The third kappa shape index (κ3) is 5.70. The van der Waals surface area contributed by atoms with Gasteiger partial charge in [-0.25, -0.2) is 4.39 Å². The Kier molecular flexibility index (Phi) is 6.66. The minimum absolute atomic E-state index is 0.129. The number of benzene rings is 3. The number of nitrogens with zero attached hydrogens (tertiary/aromatic N) is 1. The summed E-state index contributed by atoms with van der Waals surface area (Å²) in [7, 11) is 7.63. The Morgan fingerprint density at radius 2 is 1.56 bits per heavy atom. The first kappa shape index (κ1) is 19.2. The molecule has 0 unspecified atom stereocenters. The Morgan fingerprint density at radius 1 is 0.926 bits per heavy atom. The Labute approximate surface area is 162 Å². The zero-order valence-electron chi connectivity index (χ0n) is 15.5. The number of likely N-dealkylation sites (N-methyl/N-ethyl adjacent to an activating group) is 1. The fourth-order valence-corrected chi connectivity index (χ4v) is 3.02. The standard InChI is InChI=1S/C23H23BFNO/c1-26(16-19-10-6-3-7-11-19)20(14-18-8-4-2-5-9-18)17-27-21-12-13-22(24)23(25)15-21/h2-13,15,20H,14,16-17H2,1H3/t20-/m0/s1. The summed E-state index contributed by atoms with van der Waals surface area (Å²) in [6.45, 7) is 1.28. The first-order valence-electron chi connectivity index (χ1n) is 9.08. The lowest BCUT2D eigenvalue weighted by Gasteiger charge is -2.28. The van der Waals surface area contributed by atoms with E-state index in [-0.39, 0.29) is 11.5 Å². The van der Waals surface area contributed by atoms with Gasteiger partial charge in [-0.15, -0.1) is 0 Å². The predicted octanol–water partition coefficient (Wildman–Crippen LogP) is 3.74. The summed E-state index contributed by atoms with van der Waals surface area (Å²) < 4.78 is 19.6. The summed E-state index contributed by atoms with van der Waals surface area (Å²) in [6, 6.07) is 25.4. The Balaban J connectivity index is 1.71. The Bertz CT molecular complexity index is 842. The molecule has 0 saturated carbocycles. The molecule has 0 saturated heterocycles. The lowest BCUT2D eigenvalue weighted by atomic mass is 9.96. The SMILES string of the molecule is [B]c1ccc(OC[C@H](Cc2ccccc2)N(C)Cc2ccccc2)cc1F. The van der Waals surface area contributed by atoms with Gasteiger partial charge in [0, 0.05) is 18.7 Å². The molecule has 136 valence electrons. The van der Waals surface area contributed by atoms with E-state index in [0.717, 1.165) is 13.0 Å². The molecule has 0 aliphatic rings. The minimum Gasteiger partial charge on any atom is -0.492 e. The van der Waals surface area contributed by atoms with E-state index in [4.69, 9.17) is 12.6 Å². The van der Waals surface area contributed by atoms with Crippen molar-refractivity contribution in [2.75, 3.05) is 13.7 Å². The van der Waals surface area contributed by atoms with Crippen molar-refractivity contribution in [1.29, 1.82) is 0 Å². The third-order valence-corrected chi connectivity index (χ3v) is 4.63. The highest BCUT2D eigenvalue weighted by molar-refractivity contribution is 6.32. The maximum atomic E-state index is 13.7. The topological polar surface area (TPSA) is 12.5 Å². The van der Waals surface area contributed by atoms with Gasteiger partial charge in [-0.2, -0.15) is 0 Å². The first-order chi connectivity index (χ1) is 13.1. The van der Waals surface area contributed by atoms with Crippen LogP contribution >= 0.6 is 0 Å². The van der Waals surface area contributed by atoms with Crippen molar-refractivity contribution in [1.82, 2.24) is 4.90 Å². The first-order valence-corrected chi connectivity index (χ1v) is 9.08. The van der Waals surface area contributed by atoms with Crippen molar-refractivity contribution in [2.45, 2.75) is 19.0 Å². The fraction of sp³-hybridized carbons (Fsp3) is 0.217. The fourth-order valence-electron chi connectivity index (χ4n) is 3.02. The van der Waals surface area contributed by atoms with Crippen LogP contribution in [-0.4, -0.2) is 32.4 Å². The number of hydrogen-bond donors (Lipinski definition) is 0. The molecule has 4 heteroatoms. The molecule has 0 aliphatic carbocycles. The van der Waals surface area contributed by atoms with Crippen molar-refractivity contribution in [3.63, 3.8) is 0 Å². The number of halogens is 1. The highest BCUT2D eigenvalue weighted by Crippen LogP contribution is 2.15. The van der Waals surface area contributed by atoms with Gasteiger partial charge in [-0.3, -0.25) is 4.90 Å². The molecule has 0 bridgehead atoms.